The van der Waals surface area contributed by atoms with Gasteiger partial charge in [0.25, 0.3) is 0 Å². The van der Waals surface area contributed by atoms with Gasteiger partial charge in [-0.1, -0.05) is 39.3 Å². The quantitative estimate of drug-likeness (QED) is 0.775. The summed E-state index contributed by atoms with van der Waals surface area (Å²) in [6.45, 7) is 5.87. The first-order chi connectivity index (χ1) is 9.44. The van der Waals surface area contributed by atoms with Crippen LogP contribution in [0.1, 0.15) is 58.1 Å². The molecule has 0 aliphatic rings. The van der Waals surface area contributed by atoms with Crippen LogP contribution in [0.3, 0.4) is 0 Å². The molecule has 5 heteroatoms. The molecule has 1 rings (SSSR count). The van der Waals surface area contributed by atoms with Gasteiger partial charge in [-0.25, -0.2) is 13.1 Å². The van der Waals surface area contributed by atoms with Gasteiger partial charge in [-0.05, 0) is 37.0 Å². The summed E-state index contributed by atoms with van der Waals surface area (Å²) in [5.74, 6) is 0. The number of nitrogens with one attached hydrogen (secondary N) is 1. The van der Waals surface area contributed by atoms with Crippen molar-refractivity contribution in [3.63, 3.8) is 0 Å². The largest absolute Gasteiger partial charge is 0.388 e. The highest BCUT2D eigenvalue weighted by molar-refractivity contribution is 7.89. The van der Waals surface area contributed by atoms with E-state index in [1.165, 1.54) is 0 Å². The fourth-order valence-corrected chi connectivity index (χ4v) is 3.52. The van der Waals surface area contributed by atoms with E-state index in [9.17, 15) is 13.5 Å². The summed E-state index contributed by atoms with van der Waals surface area (Å²) in [4.78, 5) is 0.219. The van der Waals surface area contributed by atoms with Crippen molar-refractivity contribution in [2.75, 3.05) is 0 Å². The highest BCUT2D eigenvalue weighted by Crippen LogP contribution is 2.20. The Morgan fingerprint density at radius 1 is 1.20 bits per heavy atom. The van der Waals surface area contributed by atoms with E-state index >= 15 is 0 Å². The molecule has 0 aliphatic carbocycles. The van der Waals surface area contributed by atoms with Gasteiger partial charge in [0.05, 0.1) is 11.0 Å². The van der Waals surface area contributed by atoms with E-state index in [4.69, 9.17) is 0 Å². The molecule has 0 fully saturated rings. The molecular weight excluding hydrogens is 274 g/mol. The van der Waals surface area contributed by atoms with E-state index in [1.54, 1.807) is 24.3 Å². The molecule has 0 bridgehead atoms. The second kappa shape index (κ2) is 7.76. The summed E-state index contributed by atoms with van der Waals surface area (Å²) < 4.78 is 27.4. The lowest BCUT2D eigenvalue weighted by Crippen LogP contribution is -2.34. The van der Waals surface area contributed by atoms with Crippen molar-refractivity contribution in [3.05, 3.63) is 29.8 Å². The van der Waals surface area contributed by atoms with Crippen molar-refractivity contribution in [1.29, 1.82) is 0 Å². The van der Waals surface area contributed by atoms with E-state index in [0.29, 0.717) is 12.0 Å². The van der Waals surface area contributed by atoms with E-state index in [2.05, 4.69) is 4.72 Å². The third kappa shape index (κ3) is 4.58. The molecule has 1 aromatic rings. The average Bonchev–Trinajstić information content (AvgIpc) is 2.45. The second-order valence-corrected chi connectivity index (χ2v) is 6.73. The molecule has 0 amide bonds. The van der Waals surface area contributed by atoms with Crippen LogP contribution in [0.2, 0.25) is 0 Å². The molecule has 2 unspecified atom stereocenters. The molecular formula is C15H25NO3S. The molecule has 0 aliphatic heterocycles. The number of hydrogen-bond acceptors (Lipinski definition) is 3. The Balaban J connectivity index is 2.97. The molecule has 0 saturated heterocycles. The zero-order chi connectivity index (χ0) is 15.2. The topological polar surface area (TPSA) is 66.4 Å². The molecule has 20 heavy (non-hydrogen) atoms. The Morgan fingerprint density at radius 2 is 1.90 bits per heavy atom. The number of hydrogen-bond donors (Lipinski definition) is 2. The molecule has 0 aromatic heterocycles. The summed E-state index contributed by atoms with van der Waals surface area (Å²) >= 11 is 0. The monoisotopic (exact) mass is 299 g/mol. The van der Waals surface area contributed by atoms with Gasteiger partial charge in [0.1, 0.15) is 0 Å². The molecule has 2 atom stereocenters. The fourth-order valence-electron chi connectivity index (χ4n) is 2.11. The Hall–Kier alpha value is -0.910. The third-order valence-electron chi connectivity index (χ3n) is 3.39. The summed E-state index contributed by atoms with van der Waals surface area (Å²) in [6, 6.07) is 6.49. The van der Waals surface area contributed by atoms with Crippen molar-refractivity contribution in [2.45, 2.75) is 63.5 Å². The van der Waals surface area contributed by atoms with Crippen LogP contribution in [0.5, 0.6) is 0 Å². The number of aliphatic hydroxyl groups excluding tert-OH is 1. The summed E-state index contributed by atoms with van der Waals surface area (Å²) in [6.07, 6.45) is 2.47. The van der Waals surface area contributed by atoms with Crippen LogP contribution in [0.15, 0.2) is 29.2 Å². The van der Waals surface area contributed by atoms with Gasteiger partial charge < -0.3 is 5.11 Å². The lowest BCUT2D eigenvalue weighted by molar-refractivity contribution is 0.173. The standard InChI is InChI=1S/C15H25NO3S/c1-4-8-13(5-2)16-20(18,19)14-10-7-9-12(11-14)15(17)6-3/h7,9-11,13,15-17H,4-6,8H2,1-3H3. The van der Waals surface area contributed by atoms with Crippen LogP contribution in [-0.4, -0.2) is 19.6 Å². The molecule has 114 valence electrons. The third-order valence-corrected chi connectivity index (χ3v) is 4.91. The Labute approximate surface area is 122 Å². The van der Waals surface area contributed by atoms with E-state index in [1.807, 2.05) is 20.8 Å². The van der Waals surface area contributed by atoms with Crippen molar-refractivity contribution in [3.8, 4) is 0 Å². The van der Waals surface area contributed by atoms with E-state index < -0.39 is 16.1 Å². The summed E-state index contributed by atoms with van der Waals surface area (Å²) in [7, 11) is -3.52. The maximum Gasteiger partial charge on any atom is 0.240 e. The van der Waals surface area contributed by atoms with Crippen LogP contribution in [-0.2, 0) is 10.0 Å². The average molecular weight is 299 g/mol. The minimum atomic E-state index is -3.52. The van der Waals surface area contributed by atoms with Gasteiger partial charge in [0.15, 0.2) is 0 Å². The number of sulfonamides is 1. The van der Waals surface area contributed by atoms with Crippen molar-refractivity contribution >= 4 is 10.0 Å². The summed E-state index contributed by atoms with van der Waals surface area (Å²) in [5, 5.41) is 9.82. The van der Waals surface area contributed by atoms with Gasteiger partial charge in [-0.2, -0.15) is 0 Å². The molecule has 0 saturated carbocycles. The van der Waals surface area contributed by atoms with Crippen LogP contribution >= 0.6 is 0 Å². The first-order valence-corrected chi connectivity index (χ1v) is 8.73. The second-order valence-electron chi connectivity index (χ2n) is 5.01. The number of benzene rings is 1. The summed E-state index contributed by atoms with van der Waals surface area (Å²) in [5.41, 5.74) is 0.638. The molecule has 1 aromatic carbocycles. The zero-order valence-electron chi connectivity index (χ0n) is 12.5. The lowest BCUT2D eigenvalue weighted by Gasteiger charge is -2.17. The maximum atomic E-state index is 12.3. The van der Waals surface area contributed by atoms with E-state index in [0.717, 1.165) is 19.3 Å². The maximum absolute atomic E-state index is 12.3. The van der Waals surface area contributed by atoms with Crippen LogP contribution < -0.4 is 4.72 Å². The van der Waals surface area contributed by atoms with Crippen LogP contribution in [0.25, 0.3) is 0 Å². The minimum Gasteiger partial charge on any atom is -0.388 e. The smallest absolute Gasteiger partial charge is 0.240 e. The van der Waals surface area contributed by atoms with Crippen LogP contribution in [0.4, 0.5) is 0 Å². The molecule has 0 heterocycles. The predicted octanol–water partition coefficient (Wildman–Crippen LogP) is 2.99. The van der Waals surface area contributed by atoms with E-state index in [-0.39, 0.29) is 10.9 Å². The Kier molecular flexibility index (Phi) is 6.65. The Morgan fingerprint density at radius 3 is 2.45 bits per heavy atom. The first kappa shape index (κ1) is 17.1. The highest BCUT2D eigenvalue weighted by atomic mass is 32.2. The van der Waals surface area contributed by atoms with Gasteiger partial charge in [0, 0.05) is 6.04 Å². The SMILES string of the molecule is CCCC(CC)NS(=O)(=O)c1cccc(C(O)CC)c1. The molecule has 4 nitrogen and oxygen atoms in total. The highest BCUT2D eigenvalue weighted by Gasteiger charge is 2.19. The van der Waals surface area contributed by atoms with Crippen LogP contribution in [0, 0.1) is 0 Å². The minimum absolute atomic E-state index is 0.0373. The lowest BCUT2D eigenvalue weighted by atomic mass is 10.1. The zero-order valence-corrected chi connectivity index (χ0v) is 13.3. The van der Waals surface area contributed by atoms with Gasteiger partial charge >= 0.3 is 0 Å². The molecule has 2 N–H and O–H groups in total. The van der Waals surface area contributed by atoms with Gasteiger partial charge in [0.2, 0.25) is 10.0 Å². The van der Waals surface area contributed by atoms with Gasteiger partial charge in [-0.15, -0.1) is 0 Å². The normalized spacial score (nSPS) is 15.0. The van der Waals surface area contributed by atoms with Crippen molar-refractivity contribution in [1.82, 2.24) is 4.72 Å². The van der Waals surface area contributed by atoms with Crippen molar-refractivity contribution in [2.24, 2.45) is 0 Å². The molecule has 0 radical (unpaired) electrons. The fraction of sp³-hybridized carbons (Fsp3) is 0.600. The Bertz CT molecular complexity index is 514. The number of aliphatic hydroxyl groups is 1. The molecule has 0 spiro atoms. The predicted molar refractivity (Wildman–Crippen MR) is 81.0 cm³/mol. The van der Waals surface area contributed by atoms with Gasteiger partial charge in [-0.3, -0.25) is 0 Å². The van der Waals surface area contributed by atoms with Crippen molar-refractivity contribution < 1.29 is 13.5 Å². The first-order valence-electron chi connectivity index (χ1n) is 7.24. The number of rotatable bonds is 8.